The van der Waals surface area contributed by atoms with Gasteiger partial charge in [-0.05, 0) is 40.8 Å². The highest BCUT2D eigenvalue weighted by molar-refractivity contribution is 7.99. The molecule has 0 radical (unpaired) electrons. The van der Waals surface area contributed by atoms with Gasteiger partial charge in [0.1, 0.15) is 0 Å². The number of hydrogen-bond acceptors (Lipinski definition) is 10. The Bertz CT molecular complexity index is 1390. The fourth-order valence-corrected chi connectivity index (χ4v) is 6.10. The zero-order chi connectivity index (χ0) is 26.9. The predicted molar refractivity (Wildman–Crippen MR) is 148 cm³/mol. The van der Waals surface area contributed by atoms with E-state index < -0.39 is 18.2 Å². The number of fused-ring (bicyclic) bond motifs is 1. The lowest BCUT2D eigenvalue weighted by atomic mass is 10.1. The first-order valence-electron chi connectivity index (χ1n) is 12.6. The Hall–Kier alpha value is -3.84. The fourth-order valence-electron chi connectivity index (χ4n) is 5.09. The van der Waals surface area contributed by atoms with Crippen LogP contribution in [0, 0.1) is 0 Å². The van der Waals surface area contributed by atoms with Crippen LogP contribution in [0.1, 0.15) is 0 Å². The van der Waals surface area contributed by atoms with E-state index in [0.29, 0.717) is 22.5 Å². The topological polar surface area (TPSA) is 115 Å². The number of aromatic nitrogens is 4. The number of halogens is 1. The van der Waals surface area contributed by atoms with E-state index in [9.17, 15) is 9.59 Å². The van der Waals surface area contributed by atoms with E-state index >= 15 is 0 Å². The zero-order valence-corrected chi connectivity index (χ0v) is 22.8. The van der Waals surface area contributed by atoms with Crippen LogP contribution in [0.15, 0.2) is 64.7 Å². The summed E-state index contributed by atoms with van der Waals surface area (Å²) in [5.74, 6) is 1.01. The minimum Gasteiger partial charge on any atom is -0.368 e. The number of rotatable bonds is 6. The number of benzene rings is 2. The second-order valence-corrected chi connectivity index (χ2v) is 10.9. The summed E-state index contributed by atoms with van der Waals surface area (Å²) in [5, 5.41) is 16.0. The fraction of sp³-hybridized carbons (Fsp3) is 0.360. The van der Waals surface area contributed by atoms with Crippen molar-refractivity contribution in [1.29, 1.82) is 0 Å². The lowest BCUT2D eigenvalue weighted by Gasteiger charge is -2.41. The van der Waals surface area contributed by atoms with Crippen molar-refractivity contribution < 1.29 is 9.59 Å². The van der Waals surface area contributed by atoms with Gasteiger partial charge in [-0.25, -0.2) is 9.79 Å². The van der Waals surface area contributed by atoms with Crippen molar-refractivity contribution in [2.45, 2.75) is 17.4 Å². The lowest BCUT2D eigenvalue weighted by Crippen LogP contribution is -2.64. The molecule has 14 heteroatoms. The first kappa shape index (κ1) is 25.4. The molecule has 6 rings (SSSR count). The molecular formula is C25H27ClN10O2S. The molecule has 2 atom stereocenters. The molecule has 0 saturated carbocycles. The monoisotopic (exact) mass is 566 g/mol. The average molecular weight is 567 g/mol. The van der Waals surface area contributed by atoms with Crippen LogP contribution in [0.2, 0.25) is 5.02 Å². The molecule has 12 nitrogen and oxygen atoms in total. The van der Waals surface area contributed by atoms with Crippen LogP contribution in [0.3, 0.4) is 0 Å². The van der Waals surface area contributed by atoms with Crippen molar-refractivity contribution in [1.82, 2.24) is 40.2 Å². The van der Waals surface area contributed by atoms with Gasteiger partial charge in [0, 0.05) is 56.2 Å². The van der Waals surface area contributed by atoms with Gasteiger partial charge in [-0.2, -0.15) is 4.68 Å². The minimum atomic E-state index is -0.598. The number of piperazine rings is 1. The van der Waals surface area contributed by atoms with E-state index in [4.69, 9.17) is 16.6 Å². The number of likely N-dealkylation sites (N-methyl/N-ethyl adjacent to an activating group) is 1. The molecule has 1 aromatic heterocycles. The Labute approximate surface area is 234 Å². The van der Waals surface area contributed by atoms with E-state index in [-0.39, 0.29) is 5.91 Å². The second kappa shape index (κ2) is 10.7. The second-order valence-electron chi connectivity index (χ2n) is 9.40. The molecule has 2 unspecified atom stereocenters. The molecule has 0 bridgehead atoms. The molecule has 0 aliphatic carbocycles. The van der Waals surface area contributed by atoms with Gasteiger partial charge in [-0.1, -0.05) is 47.6 Å². The maximum Gasteiger partial charge on any atom is 0.325 e. The molecule has 2 aromatic carbocycles. The molecule has 3 amide bonds. The Morgan fingerprint density at radius 2 is 1.74 bits per heavy atom. The summed E-state index contributed by atoms with van der Waals surface area (Å²) in [6.07, 6.45) is -0.577. The number of imide groups is 1. The number of thioether (sulfide) groups is 1. The summed E-state index contributed by atoms with van der Waals surface area (Å²) in [6.45, 7) is 3.53. The normalized spacial score (nSPS) is 21.2. The molecule has 3 aliphatic heterocycles. The third-order valence-electron chi connectivity index (χ3n) is 7.08. The summed E-state index contributed by atoms with van der Waals surface area (Å²) < 4.78 is 1.70. The maximum absolute atomic E-state index is 13.0. The summed E-state index contributed by atoms with van der Waals surface area (Å²) in [7, 11) is 1.67. The van der Waals surface area contributed by atoms with Crippen molar-refractivity contribution in [2.75, 3.05) is 50.4 Å². The standard InChI is InChI=1S/C25H27ClN10O2S/c1-32-21-20(22(37)28-24(32)38)35(14-15-39-25-29-30-31-36(25)18-7-3-2-4-8-18)23(27-21)34-12-10-33(11-13-34)19-9-5-6-17(26)16-19/h2-9,16,20-21H,10-15H2,1H3,(H,28,37,38). The third-order valence-corrected chi connectivity index (χ3v) is 8.21. The van der Waals surface area contributed by atoms with Crippen molar-refractivity contribution in [3.05, 3.63) is 59.6 Å². The summed E-state index contributed by atoms with van der Waals surface area (Å²) in [6, 6.07) is 16.5. The predicted octanol–water partition coefficient (Wildman–Crippen LogP) is 1.78. The van der Waals surface area contributed by atoms with Crippen LogP contribution in [0.4, 0.5) is 10.5 Å². The molecule has 202 valence electrons. The number of aliphatic imine (C=N–C) groups is 1. The SMILES string of the molecule is CN1C(=O)NC(=O)C2C1N=C(N1CCN(c3cccc(Cl)c3)CC1)N2CCSc1nnnn1-c1ccccc1. The number of nitrogens with zero attached hydrogens (tertiary/aromatic N) is 9. The number of carbonyl (C=O) groups is 2. The quantitative estimate of drug-likeness (QED) is 0.446. The molecular weight excluding hydrogens is 540 g/mol. The van der Waals surface area contributed by atoms with Crippen LogP contribution < -0.4 is 10.2 Å². The number of amides is 3. The molecule has 2 saturated heterocycles. The molecule has 1 N–H and O–H groups in total. The summed E-state index contributed by atoms with van der Waals surface area (Å²) in [4.78, 5) is 38.3. The van der Waals surface area contributed by atoms with Crippen LogP contribution in [-0.2, 0) is 4.79 Å². The molecule has 2 fully saturated rings. The molecule has 4 heterocycles. The highest BCUT2D eigenvalue weighted by atomic mass is 35.5. The number of guanidine groups is 1. The van der Waals surface area contributed by atoms with E-state index in [1.807, 2.05) is 53.4 Å². The number of para-hydroxylation sites is 1. The van der Waals surface area contributed by atoms with E-state index in [2.05, 4.69) is 36.7 Å². The van der Waals surface area contributed by atoms with Crippen LogP contribution >= 0.6 is 23.4 Å². The van der Waals surface area contributed by atoms with Gasteiger partial charge in [-0.3, -0.25) is 10.1 Å². The highest BCUT2D eigenvalue weighted by Crippen LogP contribution is 2.28. The first-order valence-corrected chi connectivity index (χ1v) is 14.0. The molecule has 3 aromatic rings. The van der Waals surface area contributed by atoms with Crippen molar-refractivity contribution in [2.24, 2.45) is 4.99 Å². The average Bonchev–Trinajstić information content (AvgIpc) is 3.58. The molecule has 39 heavy (non-hydrogen) atoms. The third kappa shape index (κ3) is 4.99. The van der Waals surface area contributed by atoms with E-state index in [1.54, 1.807) is 11.7 Å². The summed E-state index contributed by atoms with van der Waals surface area (Å²) in [5.41, 5.74) is 1.95. The Balaban J connectivity index is 1.18. The van der Waals surface area contributed by atoms with E-state index in [0.717, 1.165) is 43.5 Å². The number of tetrazole rings is 1. The smallest absolute Gasteiger partial charge is 0.325 e. The molecule has 3 aliphatic rings. The van der Waals surface area contributed by atoms with Crippen molar-refractivity contribution >= 4 is 46.9 Å². The summed E-state index contributed by atoms with van der Waals surface area (Å²) >= 11 is 7.71. The Morgan fingerprint density at radius 1 is 1.00 bits per heavy atom. The van der Waals surface area contributed by atoms with Gasteiger partial charge in [0.25, 0.3) is 5.91 Å². The van der Waals surface area contributed by atoms with Crippen LogP contribution in [-0.4, -0.2) is 111 Å². The molecule has 0 spiro atoms. The van der Waals surface area contributed by atoms with Crippen molar-refractivity contribution in [3.8, 4) is 5.69 Å². The maximum atomic E-state index is 13.0. The van der Waals surface area contributed by atoms with Gasteiger partial charge in [0.2, 0.25) is 5.16 Å². The van der Waals surface area contributed by atoms with Gasteiger partial charge < -0.3 is 19.6 Å². The van der Waals surface area contributed by atoms with Gasteiger partial charge in [0.05, 0.1) is 5.69 Å². The number of anilines is 1. The van der Waals surface area contributed by atoms with Crippen LogP contribution in [0.5, 0.6) is 0 Å². The zero-order valence-electron chi connectivity index (χ0n) is 21.2. The van der Waals surface area contributed by atoms with Gasteiger partial charge >= 0.3 is 6.03 Å². The van der Waals surface area contributed by atoms with Crippen molar-refractivity contribution in [3.63, 3.8) is 0 Å². The lowest BCUT2D eigenvalue weighted by molar-refractivity contribution is -0.127. The first-order chi connectivity index (χ1) is 19.0. The minimum absolute atomic E-state index is 0.335. The van der Waals surface area contributed by atoms with Gasteiger partial charge in [0.15, 0.2) is 18.2 Å². The van der Waals surface area contributed by atoms with E-state index in [1.165, 1.54) is 16.7 Å². The largest absolute Gasteiger partial charge is 0.368 e. The Morgan fingerprint density at radius 3 is 2.51 bits per heavy atom. The van der Waals surface area contributed by atoms with Gasteiger partial charge in [-0.15, -0.1) is 5.10 Å². The number of urea groups is 1. The Kier molecular flexibility index (Phi) is 7.00. The van der Waals surface area contributed by atoms with Crippen LogP contribution in [0.25, 0.3) is 5.69 Å². The number of nitrogens with one attached hydrogen (secondary N) is 1. The number of carbonyl (C=O) groups excluding carboxylic acids is 2. The number of hydrogen-bond donors (Lipinski definition) is 1. The highest BCUT2D eigenvalue weighted by Gasteiger charge is 2.49.